The highest BCUT2D eigenvalue weighted by molar-refractivity contribution is 6.82. The molecule has 0 aromatic carbocycles. The van der Waals surface area contributed by atoms with E-state index < -0.39 is 8.07 Å². The number of rotatable bonds is 3. The van der Waals surface area contributed by atoms with Crippen LogP contribution in [0.3, 0.4) is 0 Å². The van der Waals surface area contributed by atoms with Gasteiger partial charge in [0.25, 0.3) is 0 Å². The SMILES string of the molecule is C=C(C[C@H](C)O)[Si](C)(C)C. The van der Waals surface area contributed by atoms with Crippen LogP contribution in [-0.4, -0.2) is 19.3 Å². The Hall–Kier alpha value is -0.0831. The predicted molar refractivity (Wildman–Crippen MR) is 48.8 cm³/mol. The van der Waals surface area contributed by atoms with Crippen LogP contribution in [0.15, 0.2) is 11.8 Å². The fourth-order valence-corrected chi connectivity index (χ4v) is 1.57. The molecule has 0 aromatic rings. The zero-order chi connectivity index (χ0) is 8.36. The standard InChI is InChI=1S/C8H18OSi/c1-7(9)6-8(2)10(3,4)5/h7,9H,2,6H2,1,3-5H3/t7-/m0/s1. The Morgan fingerprint density at radius 3 is 2.00 bits per heavy atom. The molecule has 0 aromatic heterocycles. The number of hydrogen-bond acceptors (Lipinski definition) is 1. The van der Waals surface area contributed by atoms with E-state index in [1.165, 1.54) is 5.20 Å². The maximum Gasteiger partial charge on any atom is 0.0717 e. The molecule has 2 heteroatoms. The van der Waals surface area contributed by atoms with E-state index in [0.29, 0.717) is 0 Å². The summed E-state index contributed by atoms with van der Waals surface area (Å²) >= 11 is 0. The summed E-state index contributed by atoms with van der Waals surface area (Å²) in [5.74, 6) is 0. The van der Waals surface area contributed by atoms with Crippen LogP contribution in [-0.2, 0) is 0 Å². The second kappa shape index (κ2) is 3.35. The monoisotopic (exact) mass is 158 g/mol. The van der Waals surface area contributed by atoms with Gasteiger partial charge in [-0.15, -0.1) is 6.58 Å². The number of aliphatic hydroxyl groups excluding tert-OH is 1. The molecule has 1 atom stereocenters. The van der Waals surface area contributed by atoms with Gasteiger partial charge >= 0.3 is 0 Å². The quantitative estimate of drug-likeness (QED) is 0.624. The van der Waals surface area contributed by atoms with Gasteiger partial charge in [0.1, 0.15) is 0 Å². The van der Waals surface area contributed by atoms with Gasteiger partial charge < -0.3 is 5.11 Å². The molecule has 0 radical (unpaired) electrons. The molecule has 0 saturated carbocycles. The Balaban J connectivity index is 3.87. The van der Waals surface area contributed by atoms with Crippen molar-refractivity contribution in [3.63, 3.8) is 0 Å². The Morgan fingerprint density at radius 2 is 1.90 bits per heavy atom. The van der Waals surface area contributed by atoms with Crippen molar-refractivity contribution in [1.82, 2.24) is 0 Å². The minimum absolute atomic E-state index is 0.223. The summed E-state index contributed by atoms with van der Waals surface area (Å²) in [5.41, 5.74) is 0. The molecule has 10 heavy (non-hydrogen) atoms. The summed E-state index contributed by atoms with van der Waals surface area (Å²) in [6.45, 7) is 12.5. The van der Waals surface area contributed by atoms with E-state index in [1.54, 1.807) is 0 Å². The summed E-state index contributed by atoms with van der Waals surface area (Å²) in [6, 6.07) is 0. The molecule has 0 aliphatic rings. The average Bonchev–Trinajstić information content (AvgIpc) is 1.60. The van der Waals surface area contributed by atoms with Crippen LogP contribution >= 0.6 is 0 Å². The zero-order valence-corrected chi connectivity index (χ0v) is 8.44. The van der Waals surface area contributed by atoms with E-state index in [1.807, 2.05) is 6.92 Å². The third kappa shape index (κ3) is 3.85. The van der Waals surface area contributed by atoms with Crippen molar-refractivity contribution < 1.29 is 5.11 Å². The van der Waals surface area contributed by atoms with Gasteiger partial charge in [-0.2, -0.15) is 0 Å². The summed E-state index contributed by atoms with van der Waals surface area (Å²) in [7, 11) is -1.18. The van der Waals surface area contributed by atoms with Crippen LogP contribution in [0.4, 0.5) is 0 Å². The van der Waals surface area contributed by atoms with Crippen LogP contribution < -0.4 is 0 Å². The maximum atomic E-state index is 9.05. The highest BCUT2D eigenvalue weighted by atomic mass is 28.3. The molecule has 0 aliphatic heterocycles. The lowest BCUT2D eigenvalue weighted by atomic mass is 10.3. The first kappa shape index (κ1) is 9.92. The van der Waals surface area contributed by atoms with Crippen LogP contribution in [0.1, 0.15) is 13.3 Å². The van der Waals surface area contributed by atoms with Crippen molar-refractivity contribution >= 4 is 8.07 Å². The van der Waals surface area contributed by atoms with Crippen molar-refractivity contribution in [2.45, 2.75) is 39.1 Å². The highest BCUT2D eigenvalue weighted by Gasteiger charge is 2.18. The van der Waals surface area contributed by atoms with E-state index in [-0.39, 0.29) is 6.10 Å². The largest absolute Gasteiger partial charge is 0.393 e. The van der Waals surface area contributed by atoms with Crippen LogP contribution in [0.25, 0.3) is 0 Å². The van der Waals surface area contributed by atoms with E-state index in [0.717, 1.165) is 6.42 Å². The Labute approximate surface area is 64.8 Å². The molecule has 0 rings (SSSR count). The van der Waals surface area contributed by atoms with E-state index in [4.69, 9.17) is 5.11 Å². The van der Waals surface area contributed by atoms with Crippen molar-refractivity contribution in [3.05, 3.63) is 11.8 Å². The van der Waals surface area contributed by atoms with Gasteiger partial charge in [-0.3, -0.25) is 0 Å². The van der Waals surface area contributed by atoms with Gasteiger partial charge in [-0.1, -0.05) is 24.8 Å². The fraction of sp³-hybridized carbons (Fsp3) is 0.750. The molecule has 1 N–H and O–H groups in total. The molecule has 0 bridgehead atoms. The summed E-state index contributed by atoms with van der Waals surface area (Å²) in [5, 5.41) is 10.3. The van der Waals surface area contributed by atoms with Crippen molar-refractivity contribution in [2.24, 2.45) is 0 Å². The fourth-order valence-electron chi connectivity index (χ4n) is 0.663. The Bertz CT molecular complexity index is 122. The van der Waals surface area contributed by atoms with Gasteiger partial charge in [0.15, 0.2) is 0 Å². The predicted octanol–water partition coefficient (Wildman–Crippen LogP) is 2.19. The van der Waals surface area contributed by atoms with Crippen molar-refractivity contribution in [3.8, 4) is 0 Å². The first-order valence-electron chi connectivity index (χ1n) is 3.70. The third-order valence-corrected chi connectivity index (χ3v) is 3.93. The average molecular weight is 158 g/mol. The second-order valence-corrected chi connectivity index (χ2v) is 9.11. The lowest BCUT2D eigenvalue weighted by Gasteiger charge is -2.20. The van der Waals surface area contributed by atoms with Crippen LogP contribution in [0.5, 0.6) is 0 Å². The Kier molecular flexibility index (Phi) is 3.32. The van der Waals surface area contributed by atoms with Gasteiger partial charge in [0.2, 0.25) is 0 Å². The molecular weight excluding hydrogens is 140 g/mol. The second-order valence-electron chi connectivity index (χ2n) is 3.91. The minimum Gasteiger partial charge on any atom is -0.393 e. The lowest BCUT2D eigenvalue weighted by molar-refractivity contribution is 0.197. The first-order chi connectivity index (χ1) is 4.34. The molecule has 60 valence electrons. The topological polar surface area (TPSA) is 20.2 Å². The lowest BCUT2D eigenvalue weighted by Crippen LogP contribution is -2.25. The van der Waals surface area contributed by atoms with E-state index in [2.05, 4.69) is 26.2 Å². The first-order valence-corrected chi connectivity index (χ1v) is 7.20. The molecule has 0 fully saturated rings. The minimum atomic E-state index is -1.18. The number of hydrogen-bond donors (Lipinski definition) is 1. The van der Waals surface area contributed by atoms with Gasteiger partial charge in [-0.05, 0) is 13.3 Å². The van der Waals surface area contributed by atoms with E-state index >= 15 is 0 Å². The molecule has 1 nitrogen and oxygen atoms in total. The van der Waals surface area contributed by atoms with Gasteiger partial charge in [-0.25, -0.2) is 0 Å². The highest BCUT2D eigenvalue weighted by Crippen LogP contribution is 2.16. The van der Waals surface area contributed by atoms with Crippen molar-refractivity contribution in [2.75, 3.05) is 0 Å². The Morgan fingerprint density at radius 1 is 1.50 bits per heavy atom. The molecule has 0 amide bonds. The molecule has 0 unspecified atom stereocenters. The maximum absolute atomic E-state index is 9.05. The molecule has 0 spiro atoms. The summed E-state index contributed by atoms with van der Waals surface area (Å²) < 4.78 is 0. The normalized spacial score (nSPS) is 14.9. The van der Waals surface area contributed by atoms with Gasteiger partial charge in [0.05, 0.1) is 14.2 Å². The van der Waals surface area contributed by atoms with E-state index in [9.17, 15) is 0 Å². The molecule has 0 aliphatic carbocycles. The zero-order valence-electron chi connectivity index (χ0n) is 7.44. The van der Waals surface area contributed by atoms with Gasteiger partial charge in [0, 0.05) is 0 Å². The van der Waals surface area contributed by atoms with Crippen LogP contribution in [0, 0.1) is 0 Å². The summed E-state index contributed by atoms with van der Waals surface area (Å²) in [6.07, 6.45) is 0.551. The molecule has 0 heterocycles. The summed E-state index contributed by atoms with van der Waals surface area (Å²) in [4.78, 5) is 0. The smallest absolute Gasteiger partial charge is 0.0717 e. The third-order valence-electron chi connectivity index (χ3n) is 1.60. The molecular formula is C8H18OSi. The van der Waals surface area contributed by atoms with Crippen molar-refractivity contribution in [1.29, 1.82) is 0 Å². The van der Waals surface area contributed by atoms with Crippen LogP contribution in [0.2, 0.25) is 19.6 Å². The molecule has 0 saturated heterocycles. The number of aliphatic hydroxyl groups is 1.